The first-order chi connectivity index (χ1) is 17.8. The van der Waals surface area contributed by atoms with Crippen molar-refractivity contribution in [3.8, 4) is 5.88 Å². The van der Waals surface area contributed by atoms with Crippen molar-refractivity contribution in [1.82, 2.24) is 9.88 Å². The molecule has 1 N–H and O–H groups in total. The number of cyclic esters (lactones) is 1. The summed E-state index contributed by atoms with van der Waals surface area (Å²) in [4.78, 5) is 32.1. The number of amides is 1. The molecule has 0 spiro atoms. The third kappa shape index (κ3) is 7.84. The third-order valence-electron chi connectivity index (χ3n) is 7.63. The lowest BCUT2D eigenvalue weighted by atomic mass is 9.74. The molecule has 1 aliphatic heterocycles. The van der Waals surface area contributed by atoms with Gasteiger partial charge in [-0.2, -0.15) is 0 Å². The van der Waals surface area contributed by atoms with Crippen molar-refractivity contribution in [3.05, 3.63) is 23.4 Å². The fourth-order valence-electron chi connectivity index (χ4n) is 5.78. The molecule has 2 rings (SSSR count). The van der Waals surface area contributed by atoms with Crippen molar-refractivity contribution in [1.29, 1.82) is 0 Å². The summed E-state index contributed by atoms with van der Waals surface area (Å²) in [5, 5.41) is 10.6. The van der Waals surface area contributed by atoms with Crippen LogP contribution in [0.3, 0.4) is 0 Å². The molecule has 0 radical (unpaired) electrons. The van der Waals surface area contributed by atoms with Gasteiger partial charge in [0.1, 0.15) is 6.10 Å². The molecule has 0 saturated carbocycles. The second-order valence-corrected chi connectivity index (χ2v) is 12.5. The summed E-state index contributed by atoms with van der Waals surface area (Å²) in [6.45, 7) is 14.7. The number of carbonyl (C=O) groups is 2. The van der Waals surface area contributed by atoms with Gasteiger partial charge in [0.05, 0.1) is 18.6 Å². The topological polar surface area (TPSA) is 98.2 Å². The van der Waals surface area contributed by atoms with Crippen LogP contribution in [-0.2, 0) is 27.1 Å². The second-order valence-electron chi connectivity index (χ2n) is 12.5. The standard InChI is InChI=1S/C30H50N2O6/c1-20(2)13-14-30(32(28(34)35)29(5,6)7,25-17-24(21(3)4)27(33)38-25)18-22-16-23(12-10-11-15-36-8)26(37-9)31-19-22/h16,19-21,24-25H,10-15,17-18H2,1-9H3,(H,34,35)/t24-,25-,30-/m0/s1. The molecule has 1 aromatic rings. The number of rotatable bonds is 14. The van der Waals surface area contributed by atoms with E-state index in [4.69, 9.17) is 14.2 Å². The minimum absolute atomic E-state index is 0.115. The molecular formula is C30H50N2O6. The highest BCUT2D eigenvalue weighted by atomic mass is 16.6. The summed E-state index contributed by atoms with van der Waals surface area (Å²) in [6.07, 6.45) is 5.12. The van der Waals surface area contributed by atoms with Crippen LogP contribution in [0.25, 0.3) is 0 Å². The zero-order chi connectivity index (χ0) is 28.7. The average molecular weight is 535 g/mol. The van der Waals surface area contributed by atoms with E-state index in [1.165, 1.54) is 0 Å². The van der Waals surface area contributed by atoms with E-state index >= 15 is 0 Å². The van der Waals surface area contributed by atoms with Crippen LogP contribution in [0.1, 0.15) is 91.7 Å². The van der Waals surface area contributed by atoms with Crippen LogP contribution < -0.4 is 4.74 Å². The summed E-state index contributed by atoms with van der Waals surface area (Å²) in [7, 11) is 3.31. The Labute approximate surface area is 229 Å². The lowest BCUT2D eigenvalue weighted by Gasteiger charge is -2.52. The number of aryl methyl sites for hydroxylation is 1. The van der Waals surface area contributed by atoms with E-state index in [0.717, 1.165) is 36.8 Å². The normalized spacial score (nSPS) is 19.5. The monoisotopic (exact) mass is 534 g/mol. The van der Waals surface area contributed by atoms with Crippen LogP contribution in [-0.4, -0.2) is 65.1 Å². The van der Waals surface area contributed by atoms with Gasteiger partial charge in [-0.05, 0) is 76.3 Å². The number of esters is 1. The zero-order valence-corrected chi connectivity index (χ0v) is 25.0. The van der Waals surface area contributed by atoms with E-state index in [9.17, 15) is 14.7 Å². The number of hydrogen-bond donors (Lipinski definition) is 1. The van der Waals surface area contributed by atoms with E-state index in [1.807, 2.05) is 34.6 Å². The van der Waals surface area contributed by atoms with Crippen LogP contribution in [0.2, 0.25) is 0 Å². The Morgan fingerprint density at radius 3 is 2.39 bits per heavy atom. The van der Waals surface area contributed by atoms with Crippen LogP contribution in [0.15, 0.2) is 12.3 Å². The fourth-order valence-corrected chi connectivity index (χ4v) is 5.78. The van der Waals surface area contributed by atoms with Crippen molar-refractivity contribution >= 4 is 12.1 Å². The molecule has 8 nitrogen and oxygen atoms in total. The molecule has 1 aliphatic rings. The number of unbranched alkanes of at least 4 members (excludes halogenated alkanes) is 1. The second kappa shape index (κ2) is 13.6. The number of ether oxygens (including phenoxy) is 3. The Morgan fingerprint density at radius 1 is 1.21 bits per heavy atom. The maximum absolute atomic E-state index is 13.0. The molecule has 1 aromatic heterocycles. The van der Waals surface area contributed by atoms with Gasteiger partial charge in [-0.15, -0.1) is 0 Å². The first kappa shape index (κ1) is 31.9. The lowest BCUT2D eigenvalue weighted by Crippen LogP contribution is -2.66. The van der Waals surface area contributed by atoms with Gasteiger partial charge in [0, 0.05) is 43.9 Å². The number of hydrogen-bond acceptors (Lipinski definition) is 6. The third-order valence-corrected chi connectivity index (χ3v) is 7.63. The predicted molar refractivity (Wildman–Crippen MR) is 149 cm³/mol. The maximum Gasteiger partial charge on any atom is 0.408 e. The van der Waals surface area contributed by atoms with Crippen LogP contribution in [0, 0.1) is 17.8 Å². The van der Waals surface area contributed by atoms with Crippen molar-refractivity contribution in [2.45, 2.75) is 111 Å². The summed E-state index contributed by atoms with van der Waals surface area (Å²) in [5.74, 6) is 0.569. The van der Waals surface area contributed by atoms with Crippen LogP contribution in [0.5, 0.6) is 5.88 Å². The maximum atomic E-state index is 13.0. The molecule has 3 atom stereocenters. The van der Waals surface area contributed by atoms with Crippen molar-refractivity contribution in [2.75, 3.05) is 20.8 Å². The Morgan fingerprint density at radius 2 is 1.89 bits per heavy atom. The van der Waals surface area contributed by atoms with Crippen molar-refractivity contribution in [2.24, 2.45) is 17.8 Å². The van der Waals surface area contributed by atoms with Gasteiger partial charge in [0.15, 0.2) is 0 Å². The molecule has 8 heteroatoms. The Hall–Kier alpha value is -2.35. The molecule has 2 heterocycles. The highest BCUT2D eigenvalue weighted by Gasteiger charge is 2.55. The first-order valence-corrected chi connectivity index (χ1v) is 14.0. The highest BCUT2D eigenvalue weighted by Crippen LogP contribution is 2.44. The molecule has 0 bridgehead atoms. The molecule has 0 aliphatic carbocycles. The Balaban J connectivity index is 2.64. The molecule has 1 fully saturated rings. The van der Waals surface area contributed by atoms with E-state index in [2.05, 4.69) is 24.9 Å². The van der Waals surface area contributed by atoms with Crippen molar-refractivity contribution in [3.63, 3.8) is 0 Å². The van der Waals surface area contributed by atoms with Crippen LogP contribution >= 0.6 is 0 Å². The van der Waals surface area contributed by atoms with Gasteiger partial charge in [0.2, 0.25) is 5.88 Å². The van der Waals surface area contributed by atoms with E-state index < -0.39 is 23.3 Å². The molecular weight excluding hydrogens is 484 g/mol. The average Bonchev–Trinajstić information content (AvgIpc) is 3.21. The van der Waals surface area contributed by atoms with E-state index in [0.29, 0.717) is 37.7 Å². The molecule has 0 aromatic carbocycles. The molecule has 216 valence electrons. The van der Waals surface area contributed by atoms with Gasteiger partial charge < -0.3 is 19.3 Å². The van der Waals surface area contributed by atoms with Gasteiger partial charge in [-0.1, -0.05) is 27.7 Å². The quantitative estimate of drug-likeness (QED) is 0.226. The predicted octanol–water partition coefficient (Wildman–Crippen LogP) is 6.14. The zero-order valence-electron chi connectivity index (χ0n) is 25.0. The van der Waals surface area contributed by atoms with E-state index in [1.54, 1.807) is 25.3 Å². The summed E-state index contributed by atoms with van der Waals surface area (Å²) < 4.78 is 16.8. The minimum Gasteiger partial charge on any atom is -0.481 e. The number of methoxy groups -OCH3 is 2. The minimum atomic E-state index is -1.01. The number of pyridine rings is 1. The van der Waals surface area contributed by atoms with Crippen molar-refractivity contribution < 1.29 is 28.9 Å². The molecule has 38 heavy (non-hydrogen) atoms. The number of aromatic nitrogens is 1. The van der Waals surface area contributed by atoms with E-state index in [-0.39, 0.29) is 17.8 Å². The van der Waals surface area contributed by atoms with Crippen LogP contribution in [0.4, 0.5) is 4.79 Å². The number of carbonyl (C=O) groups excluding carboxylic acids is 1. The Kier molecular flexibility index (Phi) is 11.4. The summed E-state index contributed by atoms with van der Waals surface area (Å²) in [6, 6.07) is 2.09. The van der Waals surface area contributed by atoms with Gasteiger partial charge in [-0.3, -0.25) is 9.69 Å². The number of nitrogens with zero attached hydrogens (tertiary/aromatic N) is 2. The van der Waals surface area contributed by atoms with Gasteiger partial charge in [-0.25, -0.2) is 9.78 Å². The highest BCUT2D eigenvalue weighted by molar-refractivity contribution is 5.75. The fraction of sp³-hybridized carbons (Fsp3) is 0.767. The molecule has 0 unspecified atom stereocenters. The SMILES string of the molecule is COCCCCc1cc(C[C@@](CCC(C)C)([C@@H]2C[C@@H](C(C)C)C(=O)O2)N(C(=O)O)C(C)(C)C)cnc1OC. The van der Waals surface area contributed by atoms with Gasteiger partial charge >= 0.3 is 12.1 Å². The Bertz CT molecular complexity index is 926. The largest absolute Gasteiger partial charge is 0.481 e. The summed E-state index contributed by atoms with van der Waals surface area (Å²) >= 11 is 0. The molecule has 1 amide bonds. The lowest BCUT2D eigenvalue weighted by molar-refractivity contribution is -0.153. The van der Waals surface area contributed by atoms with Gasteiger partial charge in [0.25, 0.3) is 0 Å². The molecule has 1 saturated heterocycles. The number of carboxylic acid groups (broad SMARTS) is 1. The first-order valence-electron chi connectivity index (χ1n) is 14.0. The summed E-state index contributed by atoms with van der Waals surface area (Å²) in [5.41, 5.74) is 0.237. The smallest absolute Gasteiger partial charge is 0.408 e.